The molecule has 2 N–H and O–H groups in total. The minimum atomic E-state index is -0.454. The molecular formula is C32H28N2O6S. The lowest BCUT2D eigenvalue weighted by Gasteiger charge is -2.10. The summed E-state index contributed by atoms with van der Waals surface area (Å²) >= 11 is 1.04. The van der Waals surface area contributed by atoms with Gasteiger partial charge in [-0.1, -0.05) is 72.4 Å². The first-order valence-corrected chi connectivity index (χ1v) is 14.0. The van der Waals surface area contributed by atoms with E-state index in [1.165, 1.54) is 7.11 Å². The Labute approximate surface area is 241 Å². The van der Waals surface area contributed by atoms with Crippen LogP contribution in [0.1, 0.15) is 21.5 Å². The Morgan fingerprint density at radius 2 is 1.66 bits per heavy atom. The Morgan fingerprint density at radius 3 is 2.41 bits per heavy atom. The van der Waals surface area contributed by atoms with Gasteiger partial charge in [0.15, 0.2) is 6.61 Å². The van der Waals surface area contributed by atoms with E-state index in [4.69, 9.17) is 4.74 Å². The van der Waals surface area contributed by atoms with Gasteiger partial charge >= 0.3 is 5.97 Å². The number of fused-ring (bicyclic) bond motifs is 1. The third-order valence-corrected chi connectivity index (χ3v) is 7.74. The van der Waals surface area contributed by atoms with Crippen LogP contribution in [0.5, 0.6) is 5.75 Å². The van der Waals surface area contributed by atoms with E-state index >= 15 is 0 Å². The molecule has 41 heavy (non-hydrogen) atoms. The van der Waals surface area contributed by atoms with Crippen molar-refractivity contribution >= 4 is 45.6 Å². The Hall–Kier alpha value is -4.63. The first-order valence-electron chi connectivity index (χ1n) is 13.1. The van der Waals surface area contributed by atoms with Crippen LogP contribution in [0.25, 0.3) is 21.9 Å². The fourth-order valence-electron chi connectivity index (χ4n) is 4.56. The number of hydrogen-bond donors (Lipinski definition) is 2. The van der Waals surface area contributed by atoms with Crippen molar-refractivity contribution in [1.82, 2.24) is 10.6 Å². The summed E-state index contributed by atoms with van der Waals surface area (Å²) in [7, 11) is 1.31. The van der Waals surface area contributed by atoms with Gasteiger partial charge < -0.3 is 14.8 Å². The molecule has 3 amide bonds. The minimum absolute atomic E-state index is 0.152. The van der Waals surface area contributed by atoms with Crippen LogP contribution in [0, 0.1) is 0 Å². The van der Waals surface area contributed by atoms with Crippen LogP contribution in [0.2, 0.25) is 0 Å². The molecule has 1 aliphatic heterocycles. The van der Waals surface area contributed by atoms with Gasteiger partial charge in [0, 0.05) is 12.1 Å². The molecule has 1 saturated heterocycles. The van der Waals surface area contributed by atoms with Gasteiger partial charge in [0.05, 0.1) is 12.4 Å². The number of rotatable bonds is 10. The maximum atomic E-state index is 12.8. The summed E-state index contributed by atoms with van der Waals surface area (Å²) in [6.07, 6.45) is 1.18. The number of methoxy groups -OCH3 is 1. The lowest BCUT2D eigenvalue weighted by atomic mass is 9.99. The molecule has 0 aliphatic carbocycles. The van der Waals surface area contributed by atoms with E-state index in [2.05, 4.69) is 21.4 Å². The largest absolute Gasteiger partial charge is 0.482 e. The van der Waals surface area contributed by atoms with Gasteiger partial charge in [0.2, 0.25) is 5.91 Å². The van der Waals surface area contributed by atoms with Crippen molar-refractivity contribution in [2.24, 2.45) is 0 Å². The molecule has 1 heterocycles. The number of amides is 3. The number of ether oxygens (including phenoxy) is 2. The van der Waals surface area contributed by atoms with Crippen LogP contribution in [-0.2, 0) is 27.2 Å². The minimum Gasteiger partial charge on any atom is -0.482 e. The van der Waals surface area contributed by atoms with Gasteiger partial charge in [-0.2, -0.15) is 0 Å². The molecule has 1 unspecified atom stereocenters. The number of carbonyl (C=O) groups excluding carboxylic acids is 4. The van der Waals surface area contributed by atoms with E-state index < -0.39 is 5.97 Å². The molecule has 9 heteroatoms. The monoisotopic (exact) mass is 568 g/mol. The predicted octanol–water partition coefficient (Wildman–Crippen LogP) is 4.93. The fourth-order valence-corrected chi connectivity index (χ4v) is 5.42. The molecule has 0 aromatic heterocycles. The normalized spacial score (nSPS) is 14.5. The summed E-state index contributed by atoms with van der Waals surface area (Å²) in [5, 5.41) is 6.43. The van der Waals surface area contributed by atoms with Gasteiger partial charge in [-0.05, 0) is 70.1 Å². The molecule has 1 atom stereocenters. The Balaban J connectivity index is 1.15. The van der Waals surface area contributed by atoms with Gasteiger partial charge in [0.25, 0.3) is 11.1 Å². The zero-order valence-corrected chi connectivity index (χ0v) is 23.2. The van der Waals surface area contributed by atoms with Crippen molar-refractivity contribution in [3.8, 4) is 16.9 Å². The Bertz CT molecular complexity index is 1620. The number of esters is 1. The number of carbonyl (C=O) groups is 4. The van der Waals surface area contributed by atoms with Gasteiger partial charge in [0.1, 0.15) is 5.75 Å². The first kappa shape index (κ1) is 27.9. The molecule has 208 valence electrons. The van der Waals surface area contributed by atoms with Gasteiger partial charge in [-0.15, -0.1) is 0 Å². The van der Waals surface area contributed by atoms with Crippen LogP contribution in [0.4, 0.5) is 4.79 Å². The molecule has 1 aliphatic rings. The SMILES string of the molecule is COC(=O)COc1ccc2cc(C(=O)NCCc3cccc(-c4ccc(CC5SC(=O)NC5=O)cc4)c3)ccc2c1. The van der Waals surface area contributed by atoms with E-state index in [-0.39, 0.29) is 28.9 Å². The third-order valence-electron chi connectivity index (χ3n) is 6.76. The smallest absolute Gasteiger partial charge is 0.343 e. The van der Waals surface area contributed by atoms with E-state index in [0.29, 0.717) is 30.7 Å². The molecule has 0 radical (unpaired) electrons. The molecule has 4 aromatic carbocycles. The highest BCUT2D eigenvalue weighted by atomic mass is 32.2. The van der Waals surface area contributed by atoms with Crippen LogP contribution >= 0.6 is 11.8 Å². The van der Waals surface area contributed by atoms with Crippen molar-refractivity contribution in [3.63, 3.8) is 0 Å². The molecule has 1 fully saturated rings. The maximum absolute atomic E-state index is 12.8. The zero-order valence-electron chi connectivity index (χ0n) is 22.3. The summed E-state index contributed by atoms with van der Waals surface area (Å²) in [6.45, 7) is 0.322. The number of benzene rings is 4. The maximum Gasteiger partial charge on any atom is 0.343 e. The topological polar surface area (TPSA) is 111 Å². The van der Waals surface area contributed by atoms with E-state index in [1.807, 2.05) is 66.7 Å². The summed E-state index contributed by atoms with van der Waals surface area (Å²) in [5.74, 6) is -0.291. The second-order valence-corrected chi connectivity index (χ2v) is 10.8. The molecule has 5 rings (SSSR count). The number of imide groups is 1. The lowest BCUT2D eigenvalue weighted by Crippen LogP contribution is -2.25. The molecule has 0 saturated carbocycles. The Kier molecular flexibility index (Phi) is 8.64. The molecule has 4 aromatic rings. The summed E-state index contributed by atoms with van der Waals surface area (Å²) < 4.78 is 10.0. The second kappa shape index (κ2) is 12.7. The number of nitrogens with one attached hydrogen (secondary N) is 2. The molecule has 0 bridgehead atoms. The van der Waals surface area contributed by atoms with Crippen molar-refractivity contribution in [2.75, 3.05) is 20.3 Å². The fraction of sp³-hybridized carbons (Fsp3) is 0.188. The van der Waals surface area contributed by atoms with Crippen molar-refractivity contribution in [2.45, 2.75) is 18.1 Å². The highest BCUT2D eigenvalue weighted by Crippen LogP contribution is 2.26. The predicted molar refractivity (Wildman–Crippen MR) is 158 cm³/mol. The van der Waals surface area contributed by atoms with Crippen LogP contribution in [0.3, 0.4) is 0 Å². The quantitative estimate of drug-likeness (QED) is 0.261. The average molecular weight is 569 g/mol. The molecule has 0 spiro atoms. The van der Waals surface area contributed by atoms with Crippen LogP contribution < -0.4 is 15.4 Å². The molecular weight excluding hydrogens is 540 g/mol. The standard InChI is InChI=1S/C32H28N2O6S/c1-39-29(35)19-40-27-12-11-24-17-26(10-9-25(24)18-27)30(36)33-14-13-20-3-2-4-23(15-20)22-7-5-21(6-8-22)16-28-31(37)34-32(38)41-28/h2-12,15,17-18,28H,13-14,16,19H2,1H3,(H,33,36)(H,34,37,38). The zero-order chi connectivity index (χ0) is 28.8. The highest BCUT2D eigenvalue weighted by molar-refractivity contribution is 8.15. The average Bonchev–Trinajstić information content (AvgIpc) is 3.31. The van der Waals surface area contributed by atoms with Crippen molar-refractivity contribution < 1.29 is 28.7 Å². The van der Waals surface area contributed by atoms with E-state index in [0.717, 1.165) is 44.8 Å². The summed E-state index contributed by atoms with van der Waals surface area (Å²) in [6, 6.07) is 27.0. The lowest BCUT2D eigenvalue weighted by molar-refractivity contribution is -0.142. The second-order valence-electron chi connectivity index (χ2n) is 9.58. The first-order chi connectivity index (χ1) is 19.9. The third kappa shape index (κ3) is 7.12. The number of hydrogen-bond acceptors (Lipinski definition) is 7. The van der Waals surface area contributed by atoms with Gasteiger partial charge in [-0.25, -0.2) is 4.79 Å². The van der Waals surface area contributed by atoms with E-state index in [1.54, 1.807) is 12.1 Å². The summed E-state index contributed by atoms with van der Waals surface area (Å²) in [4.78, 5) is 47.3. The van der Waals surface area contributed by atoms with Crippen LogP contribution in [-0.4, -0.2) is 48.5 Å². The van der Waals surface area contributed by atoms with Crippen LogP contribution in [0.15, 0.2) is 84.9 Å². The number of thioether (sulfide) groups is 1. The van der Waals surface area contributed by atoms with Crippen molar-refractivity contribution in [1.29, 1.82) is 0 Å². The summed E-state index contributed by atoms with van der Waals surface area (Å²) in [5.41, 5.74) is 4.77. The molecule has 8 nitrogen and oxygen atoms in total. The Morgan fingerprint density at radius 1 is 0.878 bits per heavy atom. The van der Waals surface area contributed by atoms with Gasteiger partial charge in [-0.3, -0.25) is 19.7 Å². The highest BCUT2D eigenvalue weighted by Gasteiger charge is 2.31. The van der Waals surface area contributed by atoms with Crippen molar-refractivity contribution in [3.05, 3.63) is 102 Å². The van der Waals surface area contributed by atoms with E-state index in [9.17, 15) is 19.2 Å².